The van der Waals surface area contributed by atoms with Gasteiger partial charge in [-0.1, -0.05) is 60.3 Å². The molecule has 63 heavy (non-hydrogen) atoms. The molecule has 0 radical (unpaired) electrons. The number of amides is 1. The molecule has 0 spiro atoms. The fourth-order valence-electron chi connectivity index (χ4n) is 8.85. The maximum atomic E-state index is 13.6. The molecule has 8 rings (SSSR count). The predicted molar refractivity (Wildman–Crippen MR) is 230 cm³/mol. The summed E-state index contributed by atoms with van der Waals surface area (Å²) in [7, 11) is 0. The molecule has 2 aliphatic carbocycles. The number of carbonyl (C=O) groups excluding carboxylic acids is 1. The molecule has 1 amide bonds. The molecule has 2 unspecified atom stereocenters. The quantitative estimate of drug-likeness (QED) is 0.140. The summed E-state index contributed by atoms with van der Waals surface area (Å²) < 4.78 is 99.6. The molecule has 0 aromatic heterocycles. The van der Waals surface area contributed by atoms with E-state index in [-0.39, 0.29) is 30.1 Å². The van der Waals surface area contributed by atoms with Crippen LogP contribution in [0.25, 0.3) is 0 Å². The van der Waals surface area contributed by atoms with Crippen molar-refractivity contribution in [3.05, 3.63) is 129 Å². The molecule has 4 aliphatic rings. The number of halogens is 8. The highest BCUT2D eigenvalue weighted by molar-refractivity contribution is 6.30. The lowest BCUT2D eigenvalue weighted by Gasteiger charge is -2.46. The first-order chi connectivity index (χ1) is 30.1. The van der Waals surface area contributed by atoms with E-state index in [0.717, 1.165) is 86.6 Å². The fraction of sp³-hybridized carbons (Fsp3) is 0.479. The Bertz CT molecular complexity index is 2080. The second-order valence-electron chi connectivity index (χ2n) is 16.9. The Morgan fingerprint density at radius 3 is 1.51 bits per heavy atom. The van der Waals surface area contributed by atoms with Crippen molar-refractivity contribution in [3.8, 4) is 11.5 Å². The van der Waals surface area contributed by atoms with Crippen LogP contribution in [0.5, 0.6) is 11.5 Å². The Labute approximate surface area is 374 Å². The standard InChI is InChI=1S/C24H25ClF3NO3.C24H27ClF3NO2/c25-19-7-3-17(4-8-19)23(11-1-12-23)22(30)29-13-2-14-31-21(15-29)16-32-20-9-5-18(6-10-20)24(26,27)28;25-20-7-3-18(4-8-20)23(11-1-12-23)17-29-13-2-14-30-22(15-29)16-31-21-9-5-19(6-10-21)24(26,27)28/h3-10,21H,1-2,11-16H2;3-10,22H,1-2,11-17H2. The minimum absolute atomic E-state index is 0.0936. The summed E-state index contributed by atoms with van der Waals surface area (Å²) in [6, 6.07) is 25.1. The molecule has 2 atom stereocenters. The van der Waals surface area contributed by atoms with Gasteiger partial charge in [-0.25, -0.2) is 0 Å². The highest BCUT2D eigenvalue weighted by Crippen LogP contribution is 2.46. The molecular formula is C48H52Cl2F6N2O5. The molecular weight excluding hydrogens is 869 g/mol. The van der Waals surface area contributed by atoms with Gasteiger partial charge in [-0.3, -0.25) is 9.69 Å². The van der Waals surface area contributed by atoms with Crippen molar-refractivity contribution in [1.29, 1.82) is 0 Å². The highest BCUT2D eigenvalue weighted by atomic mass is 35.5. The van der Waals surface area contributed by atoms with Crippen molar-refractivity contribution >= 4 is 29.1 Å². The molecule has 2 aliphatic heterocycles. The average molecular weight is 922 g/mol. The highest BCUT2D eigenvalue weighted by Gasteiger charge is 2.48. The number of hydrogen-bond donors (Lipinski definition) is 0. The van der Waals surface area contributed by atoms with E-state index < -0.39 is 28.9 Å². The maximum Gasteiger partial charge on any atom is 0.416 e. The van der Waals surface area contributed by atoms with Gasteiger partial charge in [0, 0.05) is 54.9 Å². The number of nitrogens with zero attached hydrogens (tertiary/aromatic N) is 2. The van der Waals surface area contributed by atoms with Crippen molar-refractivity contribution in [2.45, 2.75) is 86.8 Å². The molecule has 340 valence electrons. The topological polar surface area (TPSA) is 60.5 Å². The largest absolute Gasteiger partial charge is 0.491 e. The number of benzene rings is 4. The minimum atomic E-state index is -4.38. The summed E-state index contributed by atoms with van der Waals surface area (Å²) in [6.07, 6.45) is -1.36. The van der Waals surface area contributed by atoms with Gasteiger partial charge in [-0.15, -0.1) is 0 Å². The van der Waals surface area contributed by atoms with Gasteiger partial charge in [0.05, 0.1) is 23.1 Å². The lowest BCUT2D eigenvalue weighted by atomic mass is 9.63. The van der Waals surface area contributed by atoms with Crippen molar-refractivity contribution < 1.29 is 50.1 Å². The first kappa shape index (κ1) is 47.0. The van der Waals surface area contributed by atoms with E-state index in [1.807, 2.05) is 41.3 Å². The molecule has 2 saturated heterocycles. The lowest BCUT2D eigenvalue weighted by molar-refractivity contribution is -0.142. The Hall–Kier alpha value is -4.01. The zero-order valence-corrected chi connectivity index (χ0v) is 36.4. The number of ether oxygens (including phenoxy) is 4. The lowest BCUT2D eigenvalue weighted by Crippen LogP contribution is -2.53. The second kappa shape index (κ2) is 20.4. The summed E-state index contributed by atoms with van der Waals surface area (Å²) in [6.45, 7) is 5.29. The predicted octanol–water partition coefficient (Wildman–Crippen LogP) is 11.4. The number of alkyl halides is 6. The van der Waals surface area contributed by atoms with Crippen molar-refractivity contribution in [2.24, 2.45) is 0 Å². The summed E-state index contributed by atoms with van der Waals surface area (Å²) >= 11 is 12.1. The summed E-state index contributed by atoms with van der Waals surface area (Å²) in [5.41, 5.74) is 0.568. The van der Waals surface area contributed by atoms with E-state index in [4.69, 9.17) is 42.1 Å². The molecule has 0 N–H and O–H groups in total. The maximum absolute atomic E-state index is 13.6. The number of carbonyl (C=O) groups is 1. The van der Waals surface area contributed by atoms with Gasteiger partial charge in [0.25, 0.3) is 0 Å². The Kier molecular flexibility index (Phi) is 15.2. The molecule has 4 aromatic carbocycles. The minimum Gasteiger partial charge on any atom is -0.491 e. The Balaban J connectivity index is 0.000000189. The van der Waals surface area contributed by atoms with E-state index in [1.165, 1.54) is 49.1 Å². The third-order valence-electron chi connectivity index (χ3n) is 12.6. The van der Waals surface area contributed by atoms with Crippen LogP contribution in [0.2, 0.25) is 10.0 Å². The molecule has 2 saturated carbocycles. The van der Waals surface area contributed by atoms with Gasteiger partial charge >= 0.3 is 12.4 Å². The summed E-state index contributed by atoms with van der Waals surface area (Å²) in [4.78, 5) is 17.9. The van der Waals surface area contributed by atoms with Crippen molar-refractivity contribution in [1.82, 2.24) is 9.80 Å². The van der Waals surface area contributed by atoms with E-state index in [0.29, 0.717) is 49.4 Å². The average Bonchev–Trinajstić information content (AvgIpc) is 3.62. The first-order valence-corrected chi connectivity index (χ1v) is 22.2. The van der Waals surface area contributed by atoms with Gasteiger partial charge in [0.2, 0.25) is 5.91 Å². The monoisotopic (exact) mass is 920 g/mol. The number of rotatable bonds is 11. The van der Waals surface area contributed by atoms with Gasteiger partial charge in [-0.05, 0) is 122 Å². The molecule has 2 heterocycles. The van der Waals surface area contributed by atoms with E-state index in [2.05, 4.69) is 17.0 Å². The first-order valence-electron chi connectivity index (χ1n) is 21.5. The van der Waals surface area contributed by atoms with E-state index >= 15 is 0 Å². The summed E-state index contributed by atoms with van der Waals surface area (Å²) in [5.74, 6) is 0.848. The fourth-order valence-corrected chi connectivity index (χ4v) is 9.11. The molecule has 4 fully saturated rings. The van der Waals surface area contributed by atoms with Crippen LogP contribution >= 0.6 is 23.2 Å². The van der Waals surface area contributed by atoms with Crippen LogP contribution in [0.1, 0.15) is 73.6 Å². The van der Waals surface area contributed by atoms with Crippen LogP contribution in [0.3, 0.4) is 0 Å². The molecule has 4 aromatic rings. The Morgan fingerprint density at radius 2 is 1.06 bits per heavy atom. The van der Waals surface area contributed by atoms with E-state index in [1.54, 1.807) is 0 Å². The van der Waals surface area contributed by atoms with Crippen molar-refractivity contribution in [2.75, 3.05) is 59.2 Å². The van der Waals surface area contributed by atoms with Crippen LogP contribution in [0.4, 0.5) is 26.3 Å². The SMILES string of the molecule is FC(F)(F)c1ccc(OCC2CN(CC3(c4ccc(Cl)cc4)CCC3)CCCO2)cc1.O=C(N1CCCOC(COc2ccc(C(F)(F)F)cc2)C1)C1(c2ccc(Cl)cc2)CCC1. The zero-order valence-electron chi connectivity index (χ0n) is 34.9. The van der Waals surface area contributed by atoms with Crippen LogP contribution < -0.4 is 9.47 Å². The normalized spacial score (nSPS) is 21.4. The summed E-state index contributed by atoms with van der Waals surface area (Å²) in [5, 5.41) is 1.39. The van der Waals surface area contributed by atoms with Gasteiger partial charge in [0.15, 0.2) is 0 Å². The zero-order chi connectivity index (χ0) is 44.7. The third kappa shape index (κ3) is 12.0. The van der Waals surface area contributed by atoms with Gasteiger partial charge < -0.3 is 23.8 Å². The Morgan fingerprint density at radius 1 is 0.603 bits per heavy atom. The van der Waals surface area contributed by atoms with Crippen LogP contribution in [-0.4, -0.2) is 87.1 Å². The van der Waals surface area contributed by atoms with Crippen LogP contribution in [0.15, 0.2) is 97.1 Å². The molecule has 0 bridgehead atoms. The molecule has 15 heteroatoms. The van der Waals surface area contributed by atoms with Crippen molar-refractivity contribution in [3.63, 3.8) is 0 Å². The third-order valence-corrected chi connectivity index (χ3v) is 13.1. The van der Waals surface area contributed by atoms with Crippen LogP contribution in [-0.2, 0) is 37.5 Å². The van der Waals surface area contributed by atoms with Gasteiger partial charge in [-0.2, -0.15) is 26.3 Å². The smallest absolute Gasteiger partial charge is 0.416 e. The van der Waals surface area contributed by atoms with Crippen LogP contribution in [0, 0.1) is 0 Å². The second-order valence-corrected chi connectivity index (χ2v) is 17.8. The van der Waals surface area contributed by atoms with E-state index in [9.17, 15) is 31.1 Å². The number of hydrogen-bond acceptors (Lipinski definition) is 6. The molecule has 7 nitrogen and oxygen atoms in total. The van der Waals surface area contributed by atoms with Gasteiger partial charge in [0.1, 0.15) is 36.9 Å².